The molecule has 0 unspecified atom stereocenters. The summed E-state index contributed by atoms with van der Waals surface area (Å²) >= 11 is 0. The highest BCUT2D eigenvalue weighted by molar-refractivity contribution is 5.87. The molecule has 0 fully saturated rings. The number of carbonyl (C=O) groups is 3. The zero-order valence-electron chi connectivity index (χ0n) is 14.2. The minimum Gasteiger partial charge on any atom is -0.480 e. The number of carboxylic acids is 2. The zero-order chi connectivity index (χ0) is 20.5. The fourth-order valence-electron chi connectivity index (χ4n) is 1.73. The molecular formula is C16H21F3N2O5. The number of alkyl halides is 3. The van der Waals surface area contributed by atoms with E-state index in [1.165, 1.54) is 0 Å². The first kappa shape index (κ1) is 23.4. The normalized spacial score (nSPS) is 13.2. The molecule has 146 valence electrons. The van der Waals surface area contributed by atoms with Gasteiger partial charge in [-0.15, -0.1) is 0 Å². The van der Waals surface area contributed by atoms with Gasteiger partial charge in [-0.05, 0) is 17.9 Å². The molecule has 0 aliphatic heterocycles. The molecule has 0 radical (unpaired) electrons. The maximum Gasteiger partial charge on any atom is 0.490 e. The summed E-state index contributed by atoms with van der Waals surface area (Å²) in [4.78, 5) is 31.8. The molecule has 0 heterocycles. The van der Waals surface area contributed by atoms with Gasteiger partial charge in [0.1, 0.15) is 6.04 Å². The molecule has 0 aromatic heterocycles. The highest BCUT2D eigenvalue weighted by Gasteiger charge is 2.38. The third-order valence-electron chi connectivity index (χ3n) is 3.11. The van der Waals surface area contributed by atoms with Crippen LogP contribution < -0.4 is 11.1 Å². The van der Waals surface area contributed by atoms with Gasteiger partial charge in [-0.1, -0.05) is 44.2 Å². The van der Waals surface area contributed by atoms with Crippen molar-refractivity contribution in [2.45, 2.75) is 38.5 Å². The van der Waals surface area contributed by atoms with Crippen molar-refractivity contribution in [3.63, 3.8) is 0 Å². The number of hydrogen-bond acceptors (Lipinski definition) is 4. The van der Waals surface area contributed by atoms with Crippen molar-refractivity contribution in [1.82, 2.24) is 5.32 Å². The van der Waals surface area contributed by atoms with Crippen LogP contribution in [-0.4, -0.2) is 46.3 Å². The summed E-state index contributed by atoms with van der Waals surface area (Å²) in [6, 6.07) is 7.72. The maximum atomic E-state index is 11.9. The Hall–Kier alpha value is -2.62. The van der Waals surface area contributed by atoms with Gasteiger partial charge >= 0.3 is 18.1 Å². The van der Waals surface area contributed by atoms with E-state index in [4.69, 9.17) is 20.7 Å². The van der Waals surface area contributed by atoms with Crippen molar-refractivity contribution in [2.24, 2.45) is 11.7 Å². The van der Waals surface area contributed by atoms with Crippen molar-refractivity contribution < 1.29 is 37.8 Å². The van der Waals surface area contributed by atoms with Crippen LogP contribution in [0.4, 0.5) is 13.2 Å². The van der Waals surface area contributed by atoms with Crippen molar-refractivity contribution in [3.8, 4) is 0 Å². The molecule has 0 saturated carbocycles. The lowest BCUT2D eigenvalue weighted by atomic mass is 10.0. The van der Waals surface area contributed by atoms with Crippen LogP contribution in [-0.2, 0) is 20.8 Å². The molecule has 1 amide bonds. The van der Waals surface area contributed by atoms with Gasteiger partial charge in [-0.2, -0.15) is 13.2 Å². The van der Waals surface area contributed by atoms with Crippen molar-refractivity contribution in [2.75, 3.05) is 0 Å². The van der Waals surface area contributed by atoms with Crippen LogP contribution in [0.5, 0.6) is 0 Å². The quantitative estimate of drug-likeness (QED) is 0.592. The van der Waals surface area contributed by atoms with Crippen LogP contribution in [0.1, 0.15) is 19.4 Å². The van der Waals surface area contributed by atoms with E-state index < -0.39 is 36.1 Å². The summed E-state index contributed by atoms with van der Waals surface area (Å²) in [6.07, 6.45) is -4.70. The van der Waals surface area contributed by atoms with Crippen LogP contribution in [0.3, 0.4) is 0 Å². The third-order valence-corrected chi connectivity index (χ3v) is 3.11. The number of benzene rings is 1. The lowest BCUT2D eigenvalue weighted by Crippen LogP contribution is -2.51. The maximum absolute atomic E-state index is 11.9. The van der Waals surface area contributed by atoms with Crippen LogP contribution in [0.2, 0.25) is 0 Å². The standard InChI is InChI=1S/C14H20N2O3.C2HF3O2/c1-9(2)12(14(18)19)16-13(17)11(15)8-10-6-4-3-5-7-10;3-2(4,5)1(6)7/h3-7,9,11-12H,8,15H2,1-2H3,(H,16,17)(H,18,19);(H,6,7)/t11-,12-;/m0./s1. The van der Waals surface area contributed by atoms with E-state index in [9.17, 15) is 22.8 Å². The van der Waals surface area contributed by atoms with E-state index in [-0.39, 0.29) is 5.92 Å². The van der Waals surface area contributed by atoms with E-state index in [0.29, 0.717) is 6.42 Å². The third kappa shape index (κ3) is 9.02. The molecular weight excluding hydrogens is 357 g/mol. The van der Waals surface area contributed by atoms with Crippen LogP contribution in [0.15, 0.2) is 30.3 Å². The van der Waals surface area contributed by atoms with Gasteiger partial charge in [-0.3, -0.25) is 4.79 Å². The lowest BCUT2D eigenvalue weighted by Gasteiger charge is -2.20. The van der Waals surface area contributed by atoms with E-state index in [1.54, 1.807) is 13.8 Å². The topological polar surface area (TPSA) is 130 Å². The Morgan fingerprint density at radius 2 is 1.58 bits per heavy atom. The monoisotopic (exact) mass is 378 g/mol. The number of halogens is 3. The summed E-state index contributed by atoms with van der Waals surface area (Å²) < 4.78 is 31.7. The van der Waals surface area contributed by atoms with E-state index in [2.05, 4.69) is 5.32 Å². The number of amides is 1. The first-order valence-corrected chi connectivity index (χ1v) is 7.49. The number of rotatable bonds is 6. The number of carboxylic acid groups (broad SMARTS) is 2. The second-order valence-electron chi connectivity index (χ2n) is 5.67. The summed E-state index contributed by atoms with van der Waals surface area (Å²) in [7, 11) is 0. The van der Waals surface area contributed by atoms with Gasteiger partial charge < -0.3 is 21.3 Å². The predicted molar refractivity (Wildman–Crippen MR) is 86.2 cm³/mol. The number of carbonyl (C=O) groups excluding carboxylic acids is 1. The van der Waals surface area contributed by atoms with Gasteiger partial charge in [0.15, 0.2) is 0 Å². The van der Waals surface area contributed by atoms with E-state index >= 15 is 0 Å². The molecule has 7 nitrogen and oxygen atoms in total. The van der Waals surface area contributed by atoms with Crippen molar-refractivity contribution in [3.05, 3.63) is 35.9 Å². The molecule has 5 N–H and O–H groups in total. The molecule has 10 heteroatoms. The molecule has 0 spiro atoms. The number of nitrogens with two attached hydrogens (primary N) is 1. The van der Waals surface area contributed by atoms with Crippen molar-refractivity contribution in [1.29, 1.82) is 0 Å². The fraction of sp³-hybridized carbons (Fsp3) is 0.438. The molecule has 0 aliphatic carbocycles. The van der Waals surface area contributed by atoms with Gasteiger partial charge in [0, 0.05) is 0 Å². The number of hydrogen-bond donors (Lipinski definition) is 4. The van der Waals surface area contributed by atoms with Gasteiger partial charge in [0.05, 0.1) is 6.04 Å². The molecule has 0 saturated heterocycles. The van der Waals surface area contributed by atoms with Crippen LogP contribution in [0.25, 0.3) is 0 Å². The Morgan fingerprint density at radius 1 is 1.12 bits per heavy atom. The fourth-order valence-corrected chi connectivity index (χ4v) is 1.73. The highest BCUT2D eigenvalue weighted by atomic mass is 19.4. The lowest BCUT2D eigenvalue weighted by molar-refractivity contribution is -0.192. The molecule has 2 atom stereocenters. The molecule has 1 aromatic carbocycles. The zero-order valence-corrected chi connectivity index (χ0v) is 14.2. The van der Waals surface area contributed by atoms with Gasteiger partial charge in [0.2, 0.25) is 5.91 Å². The second kappa shape index (κ2) is 10.4. The Bertz CT molecular complexity index is 606. The average molecular weight is 378 g/mol. The van der Waals surface area contributed by atoms with Crippen LogP contribution >= 0.6 is 0 Å². The summed E-state index contributed by atoms with van der Waals surface area (Å²) in [6.45, 7) is 3.48. The average Bonchev–Trinajstić information content (AvgIpc) is 2.52. The largest absolute Gasteiger partial charge is 0.490 e. The Balaban J connectivity index is 0.000000758. The van der Waals surface area contributed by atoms with E-state index in [0.717, 1.165) is 5.56 Å². The molecule has 0 bridgehead atoms. The minimum absolute atomic E-state index is 0.189. The van der Waals surface area contributed by atoms with Gasteiger partial charge in [-0.25, -0.2) is 9.59 Å². The molecule has 0 aliphatic rings. The number of aliphatic carboxylic acids is 2. The smallest absolute Gasteiger partial charge is 0.480 e. The highest BCUT2D eigenvalue weighted by Crippen LogP contribution is 2.13. The summed E-state index contributed by atoms with van der Waals surface area (Å²) in [5.41, 5.74) is 6.74. The first-order chi connectivity index (χ1) is 11.9. The molecule has 26 heavy (non-hydrogen) atoms. The summed E-state index contributed by atoms with van der Waals surface area (Å²) in [5, 5.41) is 18.6. The molecule has 1 aromatic rings. The van der Waals surface area contributed by atoms with Crippen LogP contribution in [0, 0.1) is 5.92 Å². The van der Waals surface area contributed by atoms with E-state index in [1.807, 2.05) is 30.3 Å². The molecule has 1 rings (SSSR count). The number of nitrogens with one attached hydrogen (secondary N) is 1. The Kier molecular flexibility index (Phi) is 9.34. The van der Waals surface area contributed by atoms with Crippen molar-refractivity contribution >= 4 is 17.8 Å². The SMILES string of the molecule is CC(C)[C@H](NC(=O)[C@@H](N)Cc1ccccc1)C(=O)O.O=C(O)C(F)(F)F. The predicted octanol–water partition coefficient (Wildman–Crippen LogP) is 1.42. The second-order valence-corrected chi connectivity index (χ2v) is 5.67. The minimum atomic E-state index is -5.08. The summed E-state index contributed by atoms with van der Waals surface area (Å²) in [5.74, 6) is -4.43. The first-order valence-electron chi connectivity index (χ1n) is 7.49. The van der Waals surface area contributed by atoms with Gasteiger partial charge in [0.25, 0.3) is 0 Å². The Labute approximate surface area is 148 Å². The Morgan fingerprint density at radius 3 is 1.92 bits per heavy atom.